The second-order valence-electron chi connectivity index (χ2n) is 7.58. The molecule has 3 aromatic rings. The summed E-state index contributed by atoms with van der Waals surface area (Å²) in [5, 5.41) is 3.02. The van der Waals surface area contributed by atoms with Crippen molar-refractivity contribution in [2.45, 2.75) is 58.0 Å². The van der Waals surface area contributed by atoms with Crippen LogP contribution in [0.1, 0.15) is 67.9 Å². The molecule has 4 rings (SSSR count). The van der Waals surface area contributed by atoms with Crippen molar-refractivity contribution in [1.82, 2.24) is 14.9 Å². The number of fused-ring (bicyclic) bond motifs is 1. The Morgan fingerprint density at radius 3 is 2.81 bits per heavy atom. The molecule has 27 heavy (non-hydrogen) atoms. The maximum Gasteiger partial charge on any atom is 0.287 e. The van der Waals surface area contributed by atoms with Crippen LogP contribution in [0.3, 0.4) is 0 Å². The Kier molecular flexibility index (Phi) is 5.28. The van der Waals surface area contributed by atoms with E-state index in [2.05, 4.69) is 22.0 Å². The van der Waals surface area contributed by atoms with Gasteiger partial charge in [0.15, 0.2) is 5.76 Å². The molecular formula is C22H27N3O2. The minimum Gasteiger partial charge on any atom is -0.459 e. The third kappa shape index (κ3) is 3.92. The van der Waals surface area contributed by atoms with Crippen LogP contribution in [0.5, 0.6) is 0 Å². The lowest BCUT2D eigenvalue weighted by molar-refractivity contribution is 0.0909. The molecule has 1 aromatic carbocycles. The smallest absolute Gasteiger partial charge is 0.287 e. The van der Waals surface area contributed by atoms with Crippen molar-refractivity contribution in [2.75, 3.05) is 0 Å². The van der Waals surface area contributed by atoms with Crippen molar-refractivity contribution < 1.29 is 9.21 Å². The van der Waals surface area contributed by atoms with Crippen LogP contribution in [0.2, 0.25) is 0 Å². The molecule has 2 aromatic heterocycles. The van der Waals surface area contributed by atoms with Crippen LogP contribution >= 0.6 is 0 Å². The maximum absolute atomic E-state index is 12.4. The number of amides is 1. The van der Waals surface area contributed by atoms with E-state index in [0.29, 0.717) is 5.76 Å². The molecule has 1 N–H and O–H groups in total. The summed E-state index contributed by atoms with van der Waals surface area (Å²) in [6, 6.07) is 11.4. The second-order valence-corrected chi connectivity index (χ2v) is 7.58. The van der Waals surface area contributed by atoms with E-state index in [1.807, 2.05) is 19.1 Å². The minimum absolute atomic E-state index is 0.193. The number of carbonyl (C=O) groups excluding carboxylic acids is 1. The normalized spacial score (nSPS) is 16.5. The third-order valence-corrected chi connectivity index (χ3v) is 5.65. The Labute approximate surface area is 159 Å². The number of nitrogens with zero attached hydrogens (tertiary/aromatic N) is 2. The van der Waals surface area contributed by atoms with Gasteiger partial charge in [-0.15, -0.1) is 0 Å². The number of imidazole rings is 1. The van der Waals surface area contributed by atoms with Gasteiger partial charge in [0.25, 0.3) is 5.91 Å². The van der Waals surface area contributed by atoms with Crippen molar-refractivity contribution in [2.24, 2.45) is 5.92 Å². The molecule has 5 nitrogen and oxygen atoms in total. The Bertz CT molecular complexity index is 892. The number of nitrogens with one attached hydrogen (secondary N) is 1. The second kappa shape index (κ2) is 7.99. The molecule has 1 atom stereocenters. The Morgan fingerprint density at radius 2 is 2.04 bits per heavy atom. The summed E-state index contributed by atoms with van der Waals surface area (Å²) in [6.07, 6.45) is 9.46. The molecule has 1 aliphatic carbocycles. The first kappa shape index (κ1) is 17.8. The van der Waals surface area contributed by atoms with Crippen molar-refractivity contribution >= 4 is 16.9 Å². The molecule has 0 unspecified atom stereocenters. The van der Waals surface area contributed by atoms with Gasteiger partial charge in [0, 0.05) is 6.54 Å². The monoisotopic (exact) mass is 365 g/mol. The number of carbonyl (C=O) groups is 1. The zero-order chi connectivity index (χ0) is 18.6. The van der Waals surface area contributed by atoms with Crippen LogP contribution < -0.4 is 5.32 Å². The number of hydrogen-bond acceptors (Lipinski definition) is 3. The molecule has 1 amide bonds. The van der Waals surface area contributed by atoms with Gasteiger partial charge in [0.1, 0.15) is 5.82 Å². The SMILES string of the molecule is C[C@@H](NC(=O)c1ccco1)c1nc2ccccc2n1CCC1CCCCC1. The molecule has 142 valence electrons. The highest BCUT2D eigenvalue weighted by atomic mass is 16.3. The van der Waals surface area contributed by atoms with E-state index in [9.17, 15) is 4.79 Å². The van der Waals surface area contributed by atoms with Crippen LogP contribution in [-0.2, 0) is 6.54 Å². The van der Waals surface area contributed by atoms with E-state index < -0.39 is 0 Å². The number of benzene rings is 1. The lowest BCUT2D eigenvalue weighted by Gasteiger charge is -2.23. The molecular weight excluding hydrogens is 338 g/mol. The number of aryl methyl sites for hydroxylation is 1. The van der Waals surface area contributed by atoms with E-state index >= 15 is 0 Å². The molecule has 0 bridgehead atoms. The topological polar surface area (TPSA) is 60.1 Å². The quantitative estimate of drug-likeness (QED) is 0.662. The van der Waals surface area contributed by atoms with Crippen LogP contribution in [0.4, 0.5) is 0 Å². The van der Waals surface area contributed by atoms with Gasteiger partial charge < -0.3 is 14.3 Å². The summed E-state index contributed by atoms with van der Waals surface area (Å²) >= 11 is 0. The van der Waals surface area contributed by atoms with E-state index in [4.69, 9.17) is 9.40 Å². The summed E-state index contributed by atoms with van der Waals surface area (Å²) in [7, 11) is 0. The van der Waals surface area contributed by atoms with Gasteiger partial charge in [-0.2, -0.15) is 0 Å². The molecule has 1 fully saturated rings. The highest BCUT2D eigenvalue weighted by molar-refractivity contribution is 5.91. The summed E-state index contributed by atoms with van der Waals surface area (Å²) in [6.45, 7) is 2.93. The Balaban J connectivity index is 1.56. The minimum atomic E-state index is -0.210. The molecule has 0 saturated heterocycles. The van der Waals surface area contributed by atoms with Crippen molar-refractivity contribution in [1.29, 1.82) is 0 Å². The predicted molar refractivity (Wildman–Crippen MR) is 106 cm³/mol. The Morgan fingerprint density at radius 1 is 1.22 bits per heavy atom. The highest BCUT2D eigenvalue weighted by Crippen LogP contribution is 2.28. The van der Waals surface area contributed by atoms with E-state index in [-0.39, 0.29) is 11.9 Å². The van der Waals surface area contributed by atoms with Crippen LogP contribution in [0, 0.1) is 5.92 Å². The average Bonchev–Trinajstić information content (AvgIpc) is 3.35. The number of hydrogen-bond donors (Lipinski definition) is 1. The zero-order valence-corrected chi connectivity index (χ0v) is 15.9. The number of furan rings is 1. The lowest BCUT2D eigenvalue weighted by Crippen LogP contribution is -2.28. The van der Waals surface area contributed by atoms with Crippen molar-refractivity contribution in [3.8, 4) is 0 Å². The fraction of sp³-hybridized carbons (Fsp3) is 0.455. The molecule has 5 heteroatoms. The van der Waals surface area contributed by atoms with Gasteiger partial charge in [0.05, 0.1) is 23.3 Å². The first-order valence-electron chi connectivity index (χ1n) is 10.0. The van der Waals surface area contributed by atoms with Gasteiger partial charge in [0.2, 0.25) is 0 Å². The van der Waals surface area contributed by atoms with Crippen LogP contribution in [0.15, 0.2) is 47.1 Å². The first-order valence-corrected chi connectivity index (χ1v) is 10.0. The number of aromatic nitrogens is 2. The van der Waals surface area contributed by atoms with Crippen molar-refractivity contribution in [3.63, 3.8) is 0 Å². The summed E-state index contributed by atoms with van der Waals surface area (Å²) in [5.74, 6) is 1.83. The Hall–Kier alpha value is -2.56. The van der Waals surface area contributed by atoms with Gasteiger partial charge in [-0.25, -0.2) is 4.98 Å². The standard InChI is InChI=1S/C22H27N3O2/c1-16(23-22(26)20-12-7-15-27-20)21-24-18-10-5-6-11-19(18)25(21)14-13-17-8-3-2-4-9-17/h5-7,10-12,15-17H,2-4,8-9,13-14H2,1H3,(H,23,26)/t16-/m1/s1. The summed E-state index contributed by atoms with van der Waals surface area (Å²) in [5.41, 5.74) is 2.12. The largest absolute Gasteiger partial charge is 0.459 e. The first-order chi connectivity index (χ1) is 13.2. The third-order valence-electron chi connectivity index (χ3n) is 5.65. The summed E-state index contributed by atoms with van der Waals surface area (Å²) < 4.78 is 7.50. The molecule has 0 radical (unpaired) electrons. The van der Waals surface area contributed by atoms with E-state index in [0.717, 1.165) is 29.3 Å². The molecule has 1 saturated carbocycles. The van der Waals surface area contributed by atoms with Crippen LogP contribution in [0.25, 0.3) is 11.0 Å². The summed E-state index contributed by atoms with van der Waals surface area (Å²) in [4.78, 5) is 17.2. The average molecular weight is 365 g/mol. The predicted octanol–water partition coefficient (Wildman–Crippen LogP) is 5.09. The fourth-order valence-corrected chi connectivity index (χ4v) is 4.19. The van der Waals surface area contributed by atoms with Crippen LogP contribution in [-0.4, -0.2) is 15.5 Å². The van der Waals surface area contributed by atoms with Gasteiger partial charge in [-0.05, 0) is 43.5 Å². The van der Waals surface area contributed by atoms with E-state index in [1.165, 1.54) is 44.8 Å². The zero-order valence-electron chi connectivity index (χ0n) is 15.9. The molecule has 1 aliphatic rings. The van der Waals surface area contributed by atoms with Gasteiger partial charge in [-0.3, -0.25) is 4.79 Å². The van der Waals surface area contributed by atoms with Gasteiger partial charge >= 0.3 is 0 Å². The molecule has 0 spiro atoms. The van der Waals surface area contributed by atoms with Gasteiger partial charge in [-0.1, -0.05) is 44.2 Å². The lowest BCUT2D eigenvalue weighted by atomic mass is 9.87. The number of para-hydroxylation sites is 2. The van der Waals surface area contributed by atoms with E-state index in [1.54, 1.807) is 12.1 Å². The molecule has 0 aliphatic heterocycles. The van der Waals surface area contributed by atoms with Crippen molar-refractivity contribution in [3.05, 3.63) is 54.2 Å². The number of rotatable bonds is 6. The fourth-order valence-electron chi connectivity index (χ4n) is 4.19. The highest BCUT2D eigenvalue weighted by Gasteiger charge is 2.21. The maximum atomic E-state index is 12.4. The molecule has 2 heterocycles.